The molecule has 3 atom stereocenters. The SMILES string of the molecule is CCC(C)[C@H]([C@H](CC(=O)c1ccccc1)c1ccccc1)[N+](=O)[O-]. The van der Waals surface area contributed by atoms with E-state index in [1.807, 2.05) is 62.4 Å². The van der Waals surface area contributed by atoms with Crippen molar-refractivity contribution in [3.05, 3.63) is 81.9 Å². The Morgan fingerprint density at radius 1 is 1.04 bits per heavy atom. The van der Waals surface area contributed by atoms with Crippen LogP contribution in [0.5, 0.6) is 0 Å². The van der Waals surface area contributed by atoms with Crippen molar-refractivity contribution < 1.29 is 9.72 Å². The second-order valence-electron chi connectivity index (χ2n) is 6.17. The number of rotatable bonds is 8. The highest BCUT2D eigenvalue weighted by Crippen LogP contribution is 2.32. The van der Waals surface area contributed by atoms with E-state index in [1.165, 1.54) is 0 Å². The molecule has 0 aromatic heterocycles. The third-order valence-electron chi connectivity index (χ3n) is 4.61. The minimum Gasteiger partial charge on any atom is -0.294 e. The van der Waals surface area contributed by atoms with Crippen LogP contribution in [0, 0.1) is 16.0 Å². The van der Waals surface area contributed by atoms with Crippen molar-refractivity contribution in [3.8, 4) is 0 Å². The van der Waals surface area contributed by atoms with E-state index in [0.717, 1.165) is 5.56 Å². The summed E-state index contributed by atoms with van der Waals surface area (Å²) in [7, 11) is 0. The summed E-state index contributed by atoms with van der Waals surface area (Å²) in [5, 5.41) is 11.7. The average molecular weight is 325 g/mol. The molecule has 4 heteroatoms. The van der Waals surface area contributed by atoms with Crippen molar-refractivity contribution in [1.29, 1.82) is 0 Å². The fraction of sp³-hybridized carbons (Fsp3) is 0.350. The standard InChI is InChI=1S/C20H23NO3/c1-3-15(2)20(21(23)24)18(16-10-6-4-7-11-16)14-19(22)17-12-8-5-9-13-17/h4-13,15,18,20H,3,14H2,1-2H3/t15?,18-,20-/m1/s1. The molecular weight excluding hydrogens is 302 g/mol. The van der Waals surface area contributed by atoms with Crippen molar-refractivity contribution in [3.63, 3.8) is 0 Å². The number of benzene rings is 2. The van der Waals surface area contributed by atoms with E-state index in [4.69, 9.17) is 0 Å². The van der Waals surface area contributed by atoms with Gasteiger partial charge < -0.3 is 0 Å². The summed E-state index contributed by atoms with van der Waals surface area (Å²) in [5.41, 5.74) is 1.45. The number of nitrogens with zero attached hydrogens (tertiary/aromatic N) is 1. The van der Waals surface area contributed by atoms with Crippen LogP contribution in [0.15, 0.2) is 60.7 Å². The van der Waals surface area contributed by atoms with Gasteiger partial charge in [0.15, 0.2) is 5.78 Å². The molecule has 0 aliphatic rings. The molecule has 0 heterocycles. The van der Waals surface area contributed by atoms with E-state index in [1.54, 1.807) is 12.1 Å². The molecule has 4 nitrogen and oxygen atoms in total. The highest BCUT2D eigenvalue weighted by Gasteiger charge is 2.38. The van der Waals surface area contributed by atoms with Crippen molar-refractivity contribution in [2.75, 3.05) is 0 Å². The predicted octanol–water partition coefficient (Wildman–Crippen LogP) is 4.73. The summed E-state index contributed by atoms with van der Waals surface area (Å²) in [6.45, 7) is 3.83. The summed E-state index contributed by atoms with van der Waals surface area (Å²) in [4.78, 5) is 24.2. The molecule has 0 spiro atoms. The molecule has 0 aliphatic carbocycles. The smallest absolute Gasteiger partial charge is 0.222 e. The van der Waals surface area contributed by atoms with Crippen LogP contribution < -0.4 is 0 Å². The van der Waals surface area contributed by atoms with Gasteiger partial charge in [-0.3, -0.25) is 14.9 Å². The number of Topliss-reactive ketones (excluding diaryl/α,β-unsaturated/α-hetero) is 1. The highest BCUT2D eigenvalue weighted by atomic mass is 16.6. The Kier molecular flexibility index (Phi) is 6.24. The second kappa shape index (κ2) is 8.39. The van der Waals surface area contributed by atoms with E-state index in [9.17, 15) is 14.9 Å². The van der Waals surface area contributed by atoms with Crippen LogP contribution >= 0.6 is 0 Å². The summed E-state index contributed by atoms with van der Waals surface area (Å²) >= 11 is 0. The number of ketones is 1. The molecule has 0 saturated heterocycles. The van der Waals surface area contributed by atoms with Gasteiger partial charge in [-0.25, -0.2) is 0 Å². The lowest BCUT2D eigenvalue weighted by Crippen LogP contribution is -2.35. The van der Waals surface area contributed by atoms with Gasteiger partial charge in [-0.1, -0.05) is 74.5 Å². The van der Waals surface area contributed by atoms with Gasteiger partial charge in [0.1, 0.15) is 0 Å². The molecule has 0 bridgehead atoms. The topological polar surface area (TPSA) is 60.2 Å². The maximum Gasteiger partial charge on any atom is 0.222 e. The van der Waals surface area contributed by atoms with Gasteiger partial charge in [-0.05, 0) is 12.0 Å². The van der Waals surface area contributed by atoms with E-state index in [-0.39, 0.29) is 23.0 Å². The minimum atomic E-state index is -0.773. The largest absolute Gasteiger partial charge is 0.294 e. The van der Waals surface area contributed by atoms with Crippen LogP contribution in [0.1, 0.15) is 48.5 Å². The molecule has 2 aromatic rings. The normalized spacial score (nSPS) is 14.6. The van der Waals surface area contributed by atoms with Gasteiger partial charge in [-0.15, -0.1) is 0 Å². The average Bonchev–Trinajstić information content (AvgIpc) is 2.62. The van der Waals surface area contributed by atoms with E-state index in [2.05, 4.69) is 0 Å². The summed E-state index contributed by atoms with van der Waals surface area (Å²) in [5.74, 6) is -0.586. The van der Waals surface area contributed by atoms with Crippen LogP contribution in [0.25, 0.3) is 0 Å². The van der Waals surface area contributed by atoms with Gasteiger partial charge in [-0.2, -0.15) is 0 Å². The fourth-order valence-electron chi connectivity index (χ4n) is 3.07. The second-order valence-corrected chi connectivity index (χ2v) is 6.17. The molecule has 0 fully saturated rings. The van der Waals surface area contributed by atoms with E-state index < -0.39 is 12.0 Å². The lowest BCUT2D eigenvalue weighted by atomic mass is 9.80. The fourth-order valence-corrected chi connectivity index (χ4v) is 3.07. The number of nitro groups is 1. The van der Waals surface area contributed by atoms with Gasteiger partial charge >= 0.3 is 0 Å². The lowest BCUT2D eigenvalue weighted by molar-refractivity contribution is -0.536. The Morgan fingerprint density at radius 3 is 2.08 bits per heavy atom. The van der Waals surface area contributed by atoms with Crippen LogP contribution in [0.4, 0.5) is 0 Å². The van der Waals surface area contributed by atoms with Crippen molar-refractivity contribution >= 4 is 5.78 Å². The highest BCUT2D eigenvalue weighted by molar-refractivity contribution is 5.96. The van der Waals surface area contributed by atoms with E-state index in [0.29, 0.717) is 12.0 Å². The molecular formula is C20H23NO3. The molecule has 2 rings (SSSR count). The molecule has 126 valence electrons. The maximum absolute atomic E-state index is 12.6. The van der Waals surface area contributed by atoms with Crippen LogP contribution in [0.3, 0.4) is 0 Å². The minimum absolute atomic E-state index is 0.0559. The first kappa shape index (κ1) is 17.9. The number of carbonyl (C=O) groups is 1. The van der Waals surface area contributed by atoms with Gasteiger partial charge in [0.25, 0.3) is 0 Å². The number of carbonyl (C=O) groups excluding carboxylic acids is 1. The number of hydrogen-bond donors (Lipinski definition) is 0. The Bertz CT molecular complexity index is 670. The first-order valence-corrected chi connectivity index (χ1v) is 8.31. The molecule has 0 amide bonds. The van der Waals surface area contributed by atoms with Crippen LogP contribution in [-0.4, -0.2) is 16.7 Å². The molecule has 0 saturated carbocycles. The Labute approximate surface area is 142 Å². The van der Waals surface area contributed by atoms with Crippen LogP contribution in [-0.2, 0) is 0 Å². The summed E-state index contributed by atoms with van der Waals surface area (Å²) in [6, 6.07) is 17.6. The molecule has 24 heavy (non-hydrogen) atoms. The summed E-state index contributed by atoms with van der Waals surface area (Å²) in [6.07, 6.45) is 0.846. The summed E-state index contributed by atoms with van der Waals surface area (Å²) < 4.78 is 0. The van der Waals surface area contributed by atoms with Gasteiger partial charge in [0.2, 0.25) is 6.04 Å². The third-order valence-corrected chi connectivity index (χ3v) is 4.61. The quantitative estimate of drug-likeness (QED) is 0.400. The monoisotopic (exact) mass is 325 g/mol. The van der Waals surface area contributed by atoms with E-state index >= 15 is 0 Å². The zero-order chi connectivity index (χ0) is 17.5. The maximum atomic E-state index is 12.6. The molecule has 2 aromatic carbocycles. The zero-order valence-electron chi connectivity index (χ0n) is 14.1. The first-order valence-electron chi connectivity index (χ1n) is 8.31. The Morgan fingerprint density at radius 2 is 1.58 bits per heavy atom. The van der Waals surface area contributed by atoms with Crippen molar-refractivity contribution in [2.45, 2.75) is 38.6 Å². The Balaban J connectivity index is 2.36. The van der Waals surface area contributed by atoms with Crippen molar-refractivity contribution in [2.24, 2.45) is 5.92 Å². The molecule has 0 aliphatic heterocycles. The predicted molar refractivity (Wildman–Crippen MR) is 94.8 cm³/mol. The third kappa shape index (κ3) is 4.28. The first-order chi connectivity index (χ1) is 11.5. The van der Waals surface area contributed by atoms with Crippen LogP contribution in [0.2, 0.25) is 0 Å². The molecule has 0 N–H and O–H groups in total. The number of hydrogen-bond acceptors (Lipinski definition) is 3. The Hall–Kier alpha value is -2.49. The van der Waals surface area contributed by atoms with Gasteiger partial charge in [0, 0.05) is 22.8 Å². The van der Waals surface area contributed by atoms with Gasteiger partial charge in [0.05, 0.1) is 5.92 Å². The lowest BCUT2D eigenvalue weighted by Gasteiger charge is -2.25. The molecule has 1 unspecified atom stereocenters. The van der Waals surface area contributed by atoms with Crippen molar-refractivity contribution in [1.82, 2.24) is 0 Å². The zero-order valence-corrected chi connectivity index (χ0v) is 14.1. The molecule has 0 radical (unpaired) electrons.